The standard InChI is InChI=1S/C20H18BF4N3O/c21-14-3-4-15(17(22)10-14)19(29)28-7-5-27(6-8-28)18-16(12-1-2-12)9-13(11-26-18)20(23,24)25/h3-4,9-12H,1-2,5-8H2. The van der Waals surface area contributed by atoms with Crippen LogP contribution in [0.4, 0.5) is 23.4 Å². The average molecular weight is 403 g/mol. The molecule has 2 aromatic rings. The summed E-state index contributed by atoms with van der Waals surface area (Å²) < 4.78 is 53.2. The number of carbonyl (C=O) groups excluding carboxylic acids is 1. The van der Waals surface area contributed by atoms with Gasteiger partial charge in [0.2, 0.25) is 0 Å². The molecule has 2 heterocycles. The maximum absolute atomic E-state index is 14.0. The number of amides is 1. The van der Waals surface area contributed by atoms with Gasteiger partial charge < -0.3 is 9.80 Å². The van der Waals surface area contributed by atoms with Gasteiger partial charge in [-0.05, 0) is 42.5 Å². The molecule has 1 aliphatic heterocycles. The normalized spacial score (nSPS) is 17.5. The van der Waals surface area contributed by atoms with Crippen LogP contribution in [0.2, 0.25) is 0 Å². The van der Waals surface area contributed by atoms with Crippen molar-refractivity contribution in [2.75, 3.05) is 31.1 Å². The summed E-state index contributed by atoms with van der Waals surface area (Å²) in [6.45, 7) is 1.49. The second-order valence-corrected chi connectivity index (χ2v) is 7.43. The second-order valence-electron chi connectivity index (χ2n) is 7.43. The Hall–Kier alpha value is -2.58. The van der Waals surface area contributed by atoms with Crippen LogP contribution in [-0.4, -0.2) is 49.8 Å². The minimum absolute atomic E-state index is 0.0426. The molecule has 1 aromatic heterocycles. The first kappa shape index (κ1) is 19.7. The molecule has 1 aromatic carbocycles. The van der Waals surface area contributed by atoms with Crippen molar-refractivity contribution in [3.63, 3.8) is 0 Å². The molecule has 9 heteroatoms. The van der Waals surface area contributed by atoms with Gasteiger partial charge in [-0.1, -0.05) is 11.5 Å². The Morgan fingerprint density at radius 2 is 1.79 bits per heavy atom. The summed E-state index contributed by atoms with van der Waals surface area (Å²) in [5.74, 6) is -0.447. The lowest BCUT2D eigenvalue weighted by Gasteiger charge is -2.36. The predicted octanol–water partition coefficient (Wildman–Crippen LogP) is 2.87. The van der Waals surface area contributed by atoms with Gasteiger partial charge in [-0.25, -0.2) is 9.37 Å². The van der Waals surface area contributed by atoms with Crippen molar-refractivity contribution in [2.24, 2.45) is 0 Å². The molecule has 150 valence electrons. The monoisotopic (exact) mass is 403 g/mol. The fraction of sp³-hybridized carbons (Fsp3) is 0.400. The third kappa shape index (κ3) is 4.09. The number of hydrogen-bond acceptors (Lipinski definition) is 3. The van der Waals surface area contributed by atoms with E-state index in [9.17, 15) is 22.4 Å². The van der Waals surface area contributed by atoms with E-state index in [0.29, 0.717) is 37.6 Å². The van der Waals surface area contributed by atoms with Crippen molar-refractivity contribution in [1.82, 2.24) is 9.88 Å². The minimum Gasteiger partial charge on any atom is -0.353 e. The summed E-state index contributed by atoms with van der Waals surface area (Å²) in [7, 11) is 5.52. The Bertz CT molecular complexity index is 938. The summed E-state index contributed by atoms with van der Waals surface area (Å²) in [4.78, 5) is 20.1. The van der Waals surface area contributed by atoms with Crippen molar-refractivity contribution >= 4 is 25.0 Å². The first-order valence-corrected chi connectivity index (χ1v) is 9.40. The van der Waals surface area contributed by atoms with Gasteiger partial charge in [0.05, 0.1) is 11.1 Å². The molecule has 29 heavy (non-hydrogen) atoms. The quantitative estimate of drug-likeness (QED) is 0.585. The third-order valence-corrected chi connectivity index (χ3v) is 5.33. The van der Waals surface area contributed by atoms with Gasteiger partial charge in [-0.15, -0.1) is 0 Å². The van der Waals surface area contributed by atoms with Crippen molar-refractivity contribution < 1.29 is 22.4 Å². The smallest absolute Gasteiger partial charge is 0.353 e. The SMILES string of the molecule is [B]c1ccc(C(=O)N2CCN(c3ncc(C(F)(F)F)cc3C3CC3)CC2)c(F)c1. The summed E-state index contributed by atoms with van der Waals surface area (Å²) in [6.07, 6.45) is -1.86. The first-order chi connectivity index (χ1) is 13.7. The van der Waals surface area contributed by atoms with Crippen LogP contribution in [0.15, 0.2) is 30.5 Å². The Morgan fingerprint density at radius 3 is 2.38 bits per heavy atom. The number of rotatable bonds is 3. The van der Waals surface area contributed by atoms with E-state index in [1.165, 1.54) is 23.1 Å². The highest BCUT2D eigenvalue weighted by molar-refractivity contribution is 6.32. The number of piperazine rings is 1. The molecule has 4 nitrogen and oxygen atoms in total. The summed E-state index contributed by atoms with van der Waals surface area (Å²) in [5, 5.41) is 0. The molecule has 2 fully saturated rings. The molecule has 1 aliphatic carbocycles. The lowest BCUT2D eigenvalue weighted by molar-refractivity contribution is -0.137. The first-order valence-electron chi connectivity index (χ1n) is 9.40. The molecule has 0 spiro atoms. The summed E-state index contributed by atoms with van der Waals surface area (Å²) in [5.41, 5.74) is 0.0730. The van der Waals surface area contributed by atoms with E-state index in [1.54, 1.807) is 0 Å². The van der Waals surface area contributed by atoms with E-state index in [1.807, 2.05) is 4.90 Å². The van der Waals surface area contributed by atoms with Gasteiger partial charge in [0, 0.05) is 32.4 Å². The van der Waals surface area contributed by atoms with Gasteiger partial charge in [0.15, 0.2) is 0 Å². The zero-order chi connectivity index (χ0) is 20.8. The van der Waals surface area contributed by atoms with Crippen molar-refractivity contribution in [1.29, 1.82) is 0 Å². The lowest BCUT2D eigenvalue weighted by Crippen LogP contribution is -2.49. The number of anilines is 1. The molecule has 0 N–H and O–H groups in total. The Kier molecular flexibility index (Phi) is 5.00. The molecule has 0 atom stereocenters. The van der Waals surface area contributed by atoms with E-state index >= 15 is 0 Å². The largest absolute Gasteiger partial charge is 0.417 e. The molecule has 1 amide bonds. The number of pyridine rings is 1. The van der Waals surface area contributed by atoms with Gasteiger partial charge in [-0.3, -0.25) is 4.79 Å². The van der Waals surface area contributed by atoms with Crippen LogP contribution in [0.3, 0.4) is 0 Å². The highest BCUT2D eigenvalue weighted by Gasteiger charge is 2.36. The van der Waals surface area contributed by atoms with E-state index < -0.39 is 23.5 Å². The highest BCUT2D eigenvalue weighted by atomic mass is 19.4. The highest BCUT2D eigenvalue weighted by Crippen LogP contribution is 2.45. The molecule has 2 radical (unpaired) electrons. The Balaban J connectivity index is 1.49. The number of halogens is 4. The molecule has 1 saturated heterocycles. The van der Waals surface area contributed by atoms with Gasteiger partial charge in [-0.2, -0.15) is 13.2 Å². The van der Waals surface area contributed by atoms with Crippen molar-refractivity contribution in [2.45, 2.75) is 24.9 Å². The number of aromatic nitrogens is 1. The van der Waals surface area contributed by atoms with Crippen LogP contribution >= 0.6 is 0 Å². The number of carbonyl (C=O) groups is 1. The van der Waals surface area contributed by atoms with Crippen LogP contribution in [0, 0.1) is 5.82 Å². The predicted molar refractivity (Wildman–Crippen MR) is 101 cm³/mol. The fourth-order valence-corrected chi connectivity index (χ4v) is 3.59. The molecule has 1 saturated carbocycles. The third-order valence-electron chi connectivity index (χ3n) is 5.33. The zero-order valence-electron chi connectivity index (χ0n) is 15.5. The number of alkyl halides is 3. The topological polar surface area (TPSA) is 36.4 Å². The molecule has 0 unspecified atom stereocenters. The second kappa shape index (κ2) is 7.35. The summed E-state index contributed by atoms with van der Waals surface area (Å²) in [6, 6.07) is 5.14. The Labute approximate surface area is 166 Å². The van der Waals surface area contributed by atoms with E-state index in [-0.39, 0.29) is 16.9 Å². The van der Waals surface area contributed by atoms with Gasteiger partial charge in [0.25, 0.3) is 5.91 Å². The molecule has 0 bridgehead atoms. The van der Waals surface area contributed by atoms with Crippen molar-refractivity contribution in [3.8, 4) is 0 Å². The zero-order valence-corrected chi connectivity index (χ0v) is 15.5. The maximum Gasteiger partial charge on any atom is 0.417 e. The molecular formula is C20H18BF4N3O. The number of benzene rings is 1. The molecular weight excluding hydrogens is 385 g/mol. The minimum atomic E-state index is -4.43. The maximum atomic E-state index is 14.0. The lowest BCUT2D eigenvalue weighted by atomic mass is 9.94. The number of hydrogen-bond donors (Lipinski definition) is 0. The van der Waals surface area contributed by atoms with E-state index in [0.717, 1.165) is 25.1 Å². The molecule has 4 rings (SSSR count). The Morgan fingerprint density at radius 1 is 1.10 bits per heavy atom. The van der Waals surface area contributed by atoms with Crippen LogP contribution in [0.1, 0.15) is 40.2 Å². The van der Waals surface area contributed by atoms with Crippen LogP contribution in [0.25, 0.3) is 0 Å². The average Bonchev–Trinajstić information content (AvgIpc) is 3.52. The van der Waals surface area contributed by atoms with Gasteiger partial charge >= 0.3 is 6.18 Å². The molecule has 2 aliphatic rings. The number of nitrogens with zero attached hydrogens (tertiary/aromatic N) is 3. The van der Waals surface area contributed by atoms with Crippen LogP contribution in [-0.2, 0) is 6.18 Å². The van der Waals surface area contributed by atoms with Crippen LogP contribution < -0.4 is 10.4 Å². The van der Waals surface area contributed by atoms with E-state index in [2.05, 4.69) is 4.98 Å². The summed E-state index contributed by atoms with van der Waals surface area (Å²) >= 11 is 0. The van der Waals surface area contributed by atoms with Crippen molar-refractivity contribution in [3.05, 3.63) is 53.0 Å². The van der Waals surface area contributed by atoms with E-state index in [4.69, 9.17) is 7.85 Å². The fourth-order valence-electron chi connectivity index (χ4n) is 3.59. The van der Waals surface area contributed by atoms with Crippen LogP contribution in [0.5, 0.6) is 0 Å². The van der Waals surface area contributed by atoms with Gasteiger partial charge in [0.1, 0.15) is 19.5 Å².